The number of rotatable bonds is 5. The number of hydrogen-bond acceptors (Lipinski definition) is 4. The number of ether oxygens (including phenoxy) is 1. The first kappa shape index (κ1) is 17.7. The summed E-state index contributed by atoms with van der Waals surface area (Å²) in [5.41, 5.74) is 2.21. The van der Waals surface area contributed by atoms with Gasteiger partial charge in [0.2, 0.25) is 5.91 Å². The summed E-state index contributed by atoms with van der Waals surface area (Å²) in [4.78, 5) is 37.6. The van der Waals surface area contributed by atoms with Gasteiger partial charge in [-0.05, 0) is 23.6 Å². The van der Waals surface area contributed by atoms with Gasteiger partial charge in [-0.25, -0.2) is 0 Å². The Kier molecular flexibility index (Phi) is 5.31. The largest absolute Gasteiger partial charge is 0.456 e. The summed E-state index contributed by atoms with van der Waals surface area (Å²) in [5.74, 6) is -1.14. The molecule has 0 radical (unpaired) electrons. The first-order valence-corrected chi connectivity index (χ1v) is 8.44. The van der Waals surface area contributed by atoms with E-state index >= 15 is 0 Å². The molecule has 1 aliphatic rings. The zero-order valence-corrected chi connectivity index (χ0v) is 14.5. The summed E-state index contributed by atoms with van der Waals surface area (Å²) >= 11 is 0. The molecule has 1 N–H and O–H groups in total. The molecule has 0 unspecified atom stereocenters. The lowest BCUT2D eigenvalue weighted by Gasteiger charge is -2.28. The lowest BCUT2D eigenvalue weighted by atomic mass is 9.98. The molecule has 0 aromatic heterocycles. The van der Waals surface area contributed by atoms with Gasteiger partial charge in [0.05, 0.1) is 17.8 Å². The number of benzene rings is 2. The van der Waals surface area contributed by atoms with Crippen molar-refractivity contribution in [3.8, 4) is 0 Å². The minimum atomic E-state index is -0.440. The number of fused-ring (bicyclic) bond motifs is 1. The van der Waals surface area contributed by atoms with Crippen LogP contribution in [0.4, 0.5) is 11.4 Å². The molecule has 0 fully saturated rings. The standard InChI is InChI=1S/C20H20N2O4/c1-14(15-7-3-2-4-8-15)11-20(25)26-13-19(24)22-12-18(23)21-16-9-5-6-10-17(16)22/h2-10,14H,11-13H2,1H3,(H,21,23)/t14-/m1/s1. The van der Waals surface area contributed by atoms with Gasteiger partial charge in [-0.15, -0.1) is 0 Å². The van der Waals surface area contributed by atoms with Crippen LogP contribution in [0, 0.1) is 0 Å². The van der Waals surface area contributed by atoms with Crippen molar-refractivity contribution in [2.75, 3.05) is 23.4 Å². The Balaban J connectivity index is 1.57. The lowest BCUT2D eigenvalue weighted by molar-refractivity contribution is -0.148. The van der Waals surface area contributed by atoms with E-state index in [1.807, 2.05) is 37.3 Å². The van der Waals surface area contributed by atoms with Crippen LogP contribution in [0.2, 0.25) is 0 Å². The van der Waals surface area contributed by atoms with Crippen LogP contribution in [0.1, 0.15) is 24.8 Å². The molecule has 2 aromatic rings. The Hall–Kier alpha value is -3.15. The Bertz CT molecular complexity index is 820. The summed E-state index contributed by atoms with van der Waals surface area (Å²) in [6, 6.07) is 16.7. The molecule has 26 heavy (non-hydrogen) atoms. The zero-order chi connectivity index (χ0) is 18.5. The summed E-state index contributed by atoms with van der Waals surface area (Å²) < 4.78 is 5.14. The highest BCUT2D eigenvalue weighted by Crippen LogP contribution is 2.28. The van der Waals surface area contributed by atoms with Crippen molar-refractivity contribution in [3.05, 3.63) is 60.2 Å². The van der Waals surface area contributed by atoms with Crippen molar-refractivity contribution < 1.29 is 19.1 Å². The second-order valence-electron chi connectivity index (χ2n) is 6.22. The van der Waals surface area contributed by atoms with Gasteiger partial charge in [0.1, 0.15) is 6.54 Å². The van der Waals surface area contributed by atoms with Gasteiger partial charge >= 0.3 is 5.97 Å². The van der Waals surface area contributed by atoms with Gasteiger partial charge in [0, 0.05) is 0 Å². The van der Waals surface area contributed by atoms with Gasteiger partial charge in [0.25, 0.3) is 5.91 Å². The fourth-order valence-corrected chi connectivity index (χ4v) is 2.88. The molecule has 2 amide bonds. The Labute approximate surface area is 151 Å². The van der Waals surface area contributed by atoms with E-state index in [-0.39, 0.29) is 31.4 Å². The molecule has 0 aliphatic carbocycles. The Morgan fingerprint density at radius 1 is 1.12 bits per heavy atom. The summed E-state index contributed by atoms with van der Waals surface area (Å²) in [7, 11) is 0. The van der Waals surface area contributed by atoms with Crippen molar-refractivity contribution in [1.82, 2.24) is 0 Å². The SMILES string of the molecule is C[C@H](CC(=O)OCC(=O)N1CC(=O)Nc2ccccc21)c1ccccc1. The highest BCUT2D eigenvalue weighted by molar-refractivity contribution is 6.10. The number of nitrogens with zero attached hydrogens (tertiary/aromatic N) is 1. The summed E-state index contributed by atoms with van der Waals surface area (Å²) in [5, 5.41) is 2.71. The van der Waals surface area contributed by atoms with Crippen molar-refractivity contribution >= 4 is 29.2 Å². The maximum Gasteiger partial charge on any atom is 0.306 e. The molecule has 2 aromatic carbocycles. The van der Waals surface area contributed by atoms with Crippen molar-refractivity contribution in [2.24, 2.45) is 0 Å². The molecule has 6 heteroatoms. The van der Waals surface area contributed by atoms with E-state index < -0.39 is 11.9 Å². The number of esters is 1. The van der Waals surface area contributed by atoms with E-state index in [9.17, 15) is 14.4 Å². The van der Waals surface area contributed by atoms with Crippen LogP contribution >= 0.6 is 0 Å². The van der Waals surface area contributed by atoms with Gasteiger partial charge in [-0.3, -0.25) is 19.3 Å². The fourth-order valence-electron chi connectivity index (χ4n) is 2.88. The van der Waals surface area contributed by atoms with Crippen molar-refractivity contribution in [3.63, 3.8) is 0 Å². The van der Waals surface area contributed by atoms with E-state index in [1.165, 1.54) is 4.90 Å². The second-order valence-corrected chi connectivity index (χ2v) is 6.22. The summed E-state index contributed by atoms with van der Waals surface area (Å²) in [6.07, 6.45) is 0.189. The maximum absolute atomic E-state index is 12.4. The monoisotopic (exact) mass is 352 g/mol. The number of carbonyl (C=O) groups is 3. The van der Waals surface area contributed by atoms with E-state index in [1.54, 1.807) is 24.3 Å². The summed E-state index contributed by atoms with van der Waals surface area (Å²) in [6.45, 7) is 1.46. The quantitative estimate of drug-likeness (QED) is 0.840. The number of amides is 2. The first-order chi connectivity index (χ1) is 12.5. The van der Waals surface area contributed by atoms with Crippen LogP contribution in [-0.2, 0) is 19.1 Å². The third-order valence-corrected chi connectivity index (χ3v) is 4.27. The Morgan fingerprint density at radius 3 is 2.58 bits per heavy atom. The third kappa shape index (κ3) is 4.08. The van der Waals surface area contributed by atoms with Crippen LogP contribution in [0.25, 0.3) is 0 Å². The van der Waals surface area contributed by atoms with E-state index in [2.05, 4.69) is 5.32 Å². The third-order valence-electron chi connectivity index (χ3n) is 4.27. The number of para-hydroxylation sites is 2. The van der Waals surface area contributed by atoms with Crippen LogP contribution in [0.3, 0.4) is 0 Å². The molecule has 0 spiro atoms. The number of carbonyl (C=O) groups excluding carboxylic acids is 3. The molecule has 134 valence electrons. The van der Waals surface area contributed by atoms with Crippen LogP contribution < -0.4 is 10.2 Å². The molecular formula is C20H20N2O4. The predicted octanol–water partition coefficient (Wildman–Crippen LogP) is 2.71. The van der Waals surface area contributed by atoms with Gasteiger partial charge in [0.15, 0.2) is 6.61 Å². The van der Waals surface area contributed by atoms with Crippen LogP contribution in [0.15, 0.2) is 54.6 Å². The predicted molar refractivity (Wildman–Crippen MR) is 97.9 cm³/mol. The minimum absolute atomic E-state index is 0.000271. The average Bonchev–Trinajstić information content (AvgIpc) is 2.66. The molecule has 1 atom stereocenters. The molecule has 1 heterocycles. The zero-order valence-electron chi connectivity index (χ0n) is 14.5. The normalized spacial score (nSPS) is 14.2. The molecule has 0 saturated heterocycles. The highest BCUT2D eigenvalue weighted by atomic mass is 16.5. The first-order valence-electron chi connectivity index (χ1n) is 8.44. The Morgan fingerprint density at radius 2 is 1.81 bits per heavy atom. The molecule has 0 saturated carbocycles. The molecular weight excluding hydrogens is 332 g/mol. The molecule has 3 rings (SSSR count). The average molecular weight is 352 g/mol. The van der Waals surface area contributed by atoms with Gasteiger partial charge < -0.3 is 10.1 Å². The lowest BCUT2D eigenvalue weighted by Crippen LogP contribution is -2.44. The number of hydrogen-bond donors (Lipinski definition) is 1. The van der Waals surface area contributed by atoms with Gasteiger partial charge in [-0.2, -0.15) is 0 Å². The smallest absolute Gasteiger partial charge is 0.306 e. The molecule has 6 nitrogen and oxygen atoms in total. The van der Waals surface area contributed by atoms with Gasteiger partial charge in [-0.1, -0.05) is 49.4 Å². The topological polar surface area (TPSA) is 75.7 Å². The number of nitrogens with one attached hydrogen (secondary N) is 1. The van der Waals surface area contributed by atoms with Crippen molar-refractivity contribution in [2.45, 2.75) is 19.3 Å². The van der Waals surface area contributed by atoms with Crippen LogP contribution in [-0.4, -0.2) is 30.9 Å². The number of anilines is 2. The molecule has 0 bridgehead atoms. The van der Waals surface area contributed by atoms with Crippen LogP contribution in [0.5, 0.6) is 0 Å². The molecule has 1 aliphatic heterocycles. The van der Waals surface area contributed by atoms with E-state index in [4.69, 9.17) is 4.74 Å². The second kappa shape index (κ2) is 7.82. The fraction of sp³-hybridized carbons (Fsp3) is 0.250. The van der Waals surface area contributed by atoms with E-state index in [0.717, 1.165) is 5.56 Å². The highest BCUT2D eigenvalue weighted by Gasteiger charge is 2.27. The van der Waals surface area contributed by atoms with Crippen molar-refractivity contribution in [1.29, 1.82) is 0 Å². The minimum Gasteiger partial charge on any atom is -0.456 e. The van der Waals surface area contributed by atoms with E-state index in [0.29, 0.717) is 11.4 Å². The maximum atomic E-state index is 12.4.